The van der Waals surface area contributed by atoms with Crippen LogP contribution in [-0.2, 0) is 6.54 Å². The Morgan fingerprint density at radius 3 is 2.67 bits per heavy atom. The van der Waals surface area contributed by atoms with Gasteiger partial charge in [-0.25, -0.2) is 9.18 Å². The van der Waals surface area contributed by atoms with Crippen LogP contribution in [0.4, 0.5) is 15.8 Å². The number of benzene rings is 2. The molecule has 3 N–H and O–H groups in total. The van der Waals surface area contributed by atoms with Crippen molar-refractivity contribution < 1.29 is 14.3 Å². The van der Waals surface area contributed by atoms with Crippen molar-refractivity contribution in [3.63, 3.8) is 0 Å². The first kappa shape index (κ1) is 15.1. The molecular formula is C15H14ClFN2O2. The van der Waals surface area contributed by atoms with Crippen molar-refractivity contribution >= 4 is 28.9 Å². The molecule has 4 nitrogen and oxygen atoms in total. The van der Waals surface area contributed by atoms with Gasteiger partial charge in [-0.1, -0.05) is 11.6 Å². The largest absolute Gasteiger partial charge is 0.478 e. The molecule has 110 valence electrons. The molecule has 0 aliphatic rings. The van der Waals surface area contributed by atoms with Gasteiger partial charge in [0.1, 0.15) is 5.82 Å². The highest BCUT2D eigenvalue weighted by atomic mass is 35.5. The van der Waals surface area contributed by atoms with E-state index in [2.05, 4.69) is 0 Å². The third-order valence-corrected chi connectivity index (χ3v) is 3.34. The first-order chi connectivity index (χ1) is 9.88. The van der Waals surface area contributed by atoms with Crippen LogP contribution in [0.2, 0.25) is 5.02 Å². The Hall–Kier alpha value is -2.27. The maximum Gasteiger partial charge on any atom is 0.335 e. The predicted molar refractivity (Wildman–Crippen MR) is 81.3 cm³/mol. The van der Waals surface area contributed by atoms with Crippen molar-refractivity contribution in [2.45, 2.75) is 6.54 Å². The summed E-state index contributed by atoms with van der Waals surface area (Å²) in [6.07, 6.45) is 0. The van der Waals surface area contributed by atoms with Gasteiger partial charge in [0, 0.05) is 24.2 Å². The highest BCUT2D eigenvalue weighted by Crippen LogP contribution is 2.26. The lowest BCUT2D eigenvalue weighted by atomic mass is 10.1. The van der Waals surface area contributed by atoms with Gasteiger partial charge in [0.2, 0.25) is 0 Å². The Morgan fingerprint density at radius 1 is 1.33 bits per heavy atom. The molecule has 0 heterocycles. The molecule has 0 aliphatic heterocycles. The van der Waals surface area contributed by atoms with E-state index in [1.54, 1.807) is 24.1 Å². The van der Waals surface area contributed by atoms with Gasteiger partial charge >= 0.3 is 5.97 Å². The van der Waals surface area contributed by atoms with Crippen molar-refractivity contribution in [1.29, 1.82) is 0 Å². The fourth-order valence-electron chi connectivity index (χ4n) is 2.04. The first-order valence-electron chi connectivity index (χ1n) is 6.16. The van der Waals surface area contributed by atoms with Crippen LogP contribution >= 0.6 is 11.6 Å². The molecule has 0 unspecified atom stereocenters. The van der Waals surface area contributed by atoms with E-state index in [1.807, 2.05) is 0 Å². The molecule has 6 heteroatoms. The zero-order valence-electron chi connectivity index (χ0n) is 11.3. The van der Waals surface area contributed by atoms with Crippen LogP contribution < -0.4 is 10.6 Å². The number of rotatable bonds is 4. The molecule has 0 bridgehead atoms. The highest BCUT2D eigenvalue weighted by molar-refractivity contribution is 6.30. The van der Waals surface area contributed by atoms with E-state index >= 15 is 0 Å². The van der Waals surface area contributed by atoms with Crippen LogP contribution in [-0.4, -0.2) is 18.1 Å². The summed E-state index contributed by atoms with van der Waals surface area (Å²) in [5, 5.41) is 9.36. The highest BCUT2D eigenvalue weighted by Gasteiger charge is 2.12. The van der Waals surface area contributed by atoms with E-state index in [-0.39, 0.29) is 17.9 Å². The summed E-state index contributed by atoms with van der Waals surface area (Å²) in [4.78, 5) is 12.6. The second-order valence-corrected chi connectivity index (χ2v) is 5.11. The number of anilines is 2. The molecule has 0 saturated heterocycles. The number of nitrogen functional groups attached to an aromatic ring is 1. The maximum atomic E-state index is 13.7. The summed E-state index contributed by atoms with van der Waals surface area (Å²) in [5.74, 6) is -1.40. The second kappa shape index (κ2) is 6.01. The van der Waals surface area contributed by atoms with E-state index in [9.17, 15) is 9.18 Å². The summed E-state index contributed by atoms with van der Waals surface area (Å²) < 4.78 is 13.7. The summed E-state index contributed by atoms with van der Waals surface area (Å²) >= 11 is 5.86. The van der Waals surface area contributed by atoms with Crippen molar-refractivity contribution in [2.75, 3.05) is 17.7 Å². The normalized spacial score (nSPS) is 10.4. The van der Waals surface area contributed by atoms with E-state index in [0.29, 0.717) is 22.0 Å². The topological polar surface area (TPSA) is 66.6 Å². The van der Waals surface area contributed by atoms with Gasteiger partial charge in [0.15, 0.2) is 0 Å². The van der Waals surface area contributed by atoms with Gasteiger partial charge in [0.05, 0.1) is 16.9 Å². The zero-order chi connectivity index (χ0) is 15.6. The quantitative estimate of drug-likeness (QED) is 0.850. The van der Waals surface area contributed by atoms with Gasteiger partial charge in [-0.3, -0.25) is 0 Å². The molecule has 2 aromatic rings. The molecule has 0 fully saturated rings. The molecule has 21 heavy (non-hydrogen) atoms. The number of aromatic carboxylic acids is 1. The summed E-state index contributed by atoms with van der Waals surface area (Å²) in [6, 6.07) is 8.77. The molecule has 2 aromatic carbocycles. The summed E-state index contributed by atoms with van der Waals surface area (Å²) in [6.45, 7) is 0.267. The molecule has 0 spiro atoms. The monoisotopic (exact) mass is 308 g/mol. The van der Waals surface area contributed by atoms with Crippen LogP contribution in [0.25, 0.3) is 0 Å². The Bertz CT molecular complexity index is 691. The lowest BCUT2D eigenvalue weighted by Gasteiger charge is -2.22. The number of carboxylic acids is 1. The minimum atomic E-state index is -1.04. The SMILES string of the molecule is CN(Cc1cc(Cl)ccc1F)c1ccc(C(=O)O)cc1N. The molecule has 0 atom stereocenters. The summed E-state index contributed by atoms with van der Waals surface area (Å²) in [5.41, 5.74) is 7.35. The molecule has 2 rings (SSSR count). The van der Waals surface area contributed by atoms with Crippen LogP contribution in [0.5, 0.6) is 0 Å². The number of halogens is 2. The molecular weight excluding hydrogens is 295 g/mol. The first-order valence-corrected chi connectivity index (χ1v) is 6.54. The number of nitrogens with zero attached hydrogens (tertiary/aromatic N) is 1. The van der Waals surface area contributed by atoms with Crippen LogP contribution in [0.3, 0.4) is 0 Å². The Morgan fingerprint density at radius 2 is 2.05 bits per heavy atom. The molecule has 0 aromatic heterocycles. The average molecular weight is 309 g/mol. The van der Waals surface area contributed by atoms with Gasteiger partial charge < -0.3 is 15.7 Å². The predicted octanol–water partition coefficient (Wildman–Crippen LogP) is 3.40. The molecule has 0 aliphatic carbocycles. The fraction of sp³-hybridized carbons (Fsp3) is 0.133. The number of carbonyl (C=O) groups is 1. The summed E-state index contributed by atoms with van der Waals surface area (Å²) in [7, 11) is 1.74. The third kappa shape index (κ3) is 3.44. The van der Waals surface area contributed by atoms with E-state index < -0.39 is 5.97 Å². The van der Waals surface area contributed by atoms with Crippen molar-refractivity contribution in [3.8, 4) is 0 Å². The number of hydrogen-bond donors (Lipinski definition) is 2. The lowest BCUT2D eigenvalue weighted by Crippen LogP contribution is -2.19. The molecule has 0 radical (unpaired) electrons. The van der Waals surface area contributed by atoms with Crippen LogP contribution in [0, 0.1) is 5.82 Å². The number of nitrogens with two attached hydrogens (primary N) is 1. The Labute approximate surface area is 126 Å². The van der Waals surface area contributed by atoms with Gasteiger partial charge in [-0.2, -0.15) is 0 Å². The fourth-order valence-corrected chi connectivity index (χ4v) is 2.24. The van der Waals surface area contributed by atoms with Crippen LogP contribution in [0.15, 0.2) is 36.4 Å². The van der Waals surface area contributed by atoms with E-state index in [0.717, 1.165) is 0 Å². The zero-order valence-corrected chi connectivity index (χ0v) is 12.1. The smallest absolute Gasteiger partial charge is 0.335 e. The average Bonchev–Trinajstić information content (AvgIpc) is 2.42. The number of carboxylic acid groups (broad SMARTS) is 1. The van der Waals surface area contributed by atoms with Crippen molar-refractivity contribution in [1.82, 2.24) is 0 Å². The van der Waals surface area contributed by atoms with Crippen LogP contribution in [0.1, 0.15) is 15.9 Å². The van der Waals surface area contributed by atoms with Gasteiger partial charge in [-0.15, -0.1) is 0 Å². The van der Waals surface area contributed by atoms with Crippen molar-refractivity contribution in [2.24, 2.45) is 0 Å². The minimum Gasteiger partial charge on any atom is -0.478 e. The Balaban J connectivity index is 2.26. The minimum absolute atomic E-state index is 0.110. The van der Waals surface area contributed by atoms with Gasteiger partial charge in [0.25, 0.3) is 0 Å². The molecule has 0 saturated carbocycles. The van der Waals surface area contributed by atoms with Crippen molar-refractivity contribution in [3.05, 3.63) is 58.4 Å². The third-order valence-electron chi connectivity index (χ3n) is 3.10. The standard InChI is InChI=1S/C15H14ClFN2O2/c1-19(8-10-6-11(16)3-4-12(10)17)14-5-2-9(15(20)21)7-13(14)18/h2-7H,8,18H2,1H3,(H,20,21). The van der Waals surface area contributed by atoms with E-state index in [1.165, 1.54) is 24.3 Å². The molecule has 0 amide bonds. The van der Waals surface area contributed by atoms with E-state index in [4.69, 9.17) is 22.4 Å². The van der Waals surface area contributed by atoms with Gasteiger partial charge in [-0.05, 0) is 36.4 Å². The Kier molecular flexibility index (Phi) is 4.33. The lowest BCUT2D eigenvalue weighted by molar-refractivity contribution is 0.0697. The number of hydrogen-bond acceptors (Lipinski definition) is 3. The maximum absolute atomic E-state index is 13.7. The second-order valence-electron chi connectivity index (χ2n) is 4.67.